The zero-order chi connectivity index (χ0) is 8.55. The molecule has 1 fully saturated rings. The highest BCUT2D eigenvalue weighted by atomic mass is 15.4. The molecule has 1 aliphatic rings. The maximum absolute atomic E-state index is 5.73. The fraction of sp³-hybridized carbons (Fsp3) is 0.667. The van der Waals surface area contributed by atoms with Crippen LogP contribution in [-0.2, 0) is 0 Å². The number of aromatic amines is 1. The number of nitrogens with two attached hydrogens (primary N) is 2. The SMILES string of the molecule is Nc1nc(N2CCC(N)C2)n[nH]1. The van der Waals surface area contributed by atoms with Gasteiger partial charge in [0, 0.05) is 19.1 Å². The van der Waals surface area contributed by atoms with Crippen LogP contribution in [0.4, 0.5) is 11.9 Å². The van der Waals surface area contributed by atoms with Gasteiger partial charge in [0.25, 0.3) is 0 Å². The lowest BCUT2D eigenvalue weighted by Crippen LogP contribution is -2.26. The van der Waals surface area contributed by atoms with E-state index in [0.717, 1.165) is 19.5 Å². The van der Waals surface area contributed by atoms with E-state index in [1.54, 1.807) is 0 Å². The summed E-state index contributed by atoms with van der Waals surface area (Å²) in [6.07, 6.45) is 0.994. The quantitative estimate of drug-likeness (QED) is 0.496. The Morgan fingerprint density at radius 3 is 2.92 bits per heavy atom. The molecule has 0 bridgehead atoms. The van der Waals surface area contributed by atoms with Crippen LogP contribution in [0.15, 0.2) is 0 Å². The van der Waals surface area contributed by atoms with Gasteiger partial charge >= 0.3 is 0 Å². The number of H-pyrrole nitrogens is 1. The molecular weight excluding hydrogens is 156 g/mol. The minimum absolute atomic E-state index is 0.240. The van der Waals surface area contributed by atoms with Gasteiger partial charge < -0.3 is 16.4 Å². The highest BCUT2D eigenvalue weighted by molar-refractivity contribution is 5.35. The van der Waals surface area contributed by atoms with Crippen LogP contribution in [0.3, 0.4) is 0 Å². The Kier molecular flexibility index (Phi) is 1.61. The normalized spacial score (nSPS) is 23.4. The monoisotopic (exact) mass is 168 g/mol. The molecule has 6 nitrogen and oxygen atoms in total. The summed E-state index contributed by atoms with van der Waals surface area (Å²) in [5.74, 6) is 1.01. The lowest BCUT2D eigenvalue weighted by Gasteiger charge is -2.11. The Balaban J connectivity index is 2.11. The average Bonchev–Trinajstić information content (AvgIpc) is 2.58. The molecule has 66 valence electrons. The summed E-state index contributed by atoms with van der Waals surface area (Å²) in [4.78, 5) is 6.03. The zero-order valence-corrected chi connectivity index (χ0v) is 6.70. The number of aromatic nitrogens is 3. The van der Waals surface area contributed by atoms with Gasteiger partial charge in [0.1, 0.15) is 0 Å². The van der Waals surface area contributed by atoms with Crippen molar-refractivity contribution >= 4 is 11.9 Å². The summed E-state index contributed by atoms with van der Waals surface area (Å²) in [6.45, 7) is 1.73. The van der Waals surface area contributed by atoms with Gasteiger partial charge in [-0.25, -0.2) is 5.10 Å². The molecule has 0 spiro atoms. The van der Waals surface area contributed by atoms with Crippen LogP contribution >= 0.6 is 0 Å². The fourth-order valence-corrected chi connectivity index (χ4v) is 1.38. The maximum Gasteiger partial charge on any atom is 0.246 e. The van der Waals surface area contributed by atoms with E-state index >= 15 is 0 Å². The Bertz CT molecular complexity index is 269. The number of hydrogen-bond donors (Lipinski definition) is 3. The Morgan fingerprint density at radius 2 is 2.42 bits per heavy atom. The van der Waals surface area contributed by atoms with Gasteiger partial charge in [-0.1, -0.05) is 0 Å². The predicted octanol–water partition coefficient (Wildman–Crippen LogP) is -1.08. The van der Waals surface area contributed by atoms with E-state index in [-0.39, 0.29) is 6.04 Å². The van der Waals surface area contributed by atoms with Gasteiger partial charge in [0.15, 0.2) is 0 Å². The molecule has 1 aromatic heterocycles. The number of rotatable bonds is 1. The standard InChI is InChI=1S/C6H12N6/c7-4-1-2-12(3-4)6-9-5(8)10-11-6/h4H,1-3,7H2,(H3,8,9,10,11). The molecule has 1 unspecified atom stereocenters. The molecule has 1 aliphatic heterocycles. The molecule has 0 radical (unpaired) electrons. The van der Waals surface area contributed by atoms with Crippen molar-refractivity contribution in [1.29, 1.82) is 0 Å². The van der Waals surface area contributed by atoms with Gasteiger partial charge in [0.05, 0.1) is 0 Å². The molecule has 2 heterocycles. The van der Waals surface area contributed by atoms with Crippen molar-refractivity contribution in [3.05, 3.63) is 0 Å². The van der Waals surface area contributed by atoms with Crippen molar-refractivity contribution in [1.82, 2.24) is 15.2 Å². The summed E-state index contributed by atoms with van der Waals surface area (Å²) >= 11 is 0. The first-order valence-corrected chi connectivity index (χ1v) is 3.94. The van der Waals surface area contributed by atoms with Crippen molar-refractivity contribution in [2.75, 3.05) is 23.7 Å². The molecule has 1 atom stereocenters. The predicted molar refractivity (Wildman–Crippen MR) is 45.6 cm³/mol. The molecule has 1 aromatic rings. The van der Waals surface area contributed by atoms with Crippen LogP contribution in [0, 0.1) is 0 Å². The second-order valence-corrected chi connectivity index (χ2v) is 3.02. The molecule has 0 aliphatic carbocycles. The lowest BCUT2D eigenvalue weighted by molar-refractivity contribution is 0.750. The molecule has 0 amide bonds. The summed E-state index contributed by atoms with van der Waals surface area (Å²) in [6, 6.07) is 0.240. The van der Waals surface area contributed by atoms with Crippen molar-refractivity contribution in [2.45, 2.75) is 12.5 Å². The number of anilines is 2. The second kappa shape index (κ2) is 2.63. The molecule has 12 heavy (non-hydrogen) atoms. The fourth-order valence-electron chi connectivity index (χ4n) is 1.38. The smallest absolute Gasteiger partial charge is 0.246 e. The van der Waals surface area contributed by atoms with Crippen molar-refractivity contribution in [3.8, 4) is 0 Å². The van der Waals surface area contributed by atoms with Crippen molar-refractivity contribution in [3.63, 3.8) is 0 Å². The molecule has 5 N–H and O–H groups in total. The largest absolute Gasteiger partial charge is 0.368 e. The highest BCUT2D eigenvalue weighted by Gasteiger charge is 2.21. The van der Waals surface area contributed by atoms with Crippen LogP contribution < -0.4 is 16.4 Å². The van der Waals surface area contributed by atoms with E-state index in [1.165, 1.54) is 0 Å². The first-order chi connectivity index (χ1) is 5.75. The number of nitrogen functional groups attached to an aromatic ring is 1. The van der Waals surface area contributed by atoms with Gasteiger partial charge in [-0.05, 0) is 6.42 Å². The van der Waals surface area contributed by atoms with E-state index in [1.807, 2.05) is 4.90 Å². The van der Waals surface area contributed by atoms with E-state index < -0.39 is 0 Å². The van der Waals surface area contributed by atoms with Crippen LogP contribution in [-0.4, -0.2) is 34.3 Å². The number of nitrogens with zero attached hydrogens (tertiary/aromatic N) is 3. The Labute approximate surface area is 69.9 Å². The molecule has 0 saturated carbocycles. The molecule has 6 heteroatoms. The van der Waals surface area contributed by atoms with E-state index in [2.05, 4.69) is 15.2 Å². The van der Waals surface area contributed by atoms with Crippen molar-refractivity contribution in [2.24, 2.45) is 5.73 Å². The summed E-state index contributed by atoms with van der Waals surface area (Å²) in [7, 11) is 0. The third-order valence-corrected chi connectivity index (χ3v) is 2.00. The number of hydrogen-bond acceptors (Lipinski definition) is 5. The topological polar surface area (TPSA) is 96.8 Å². The minimum Gasteiger partial charge on any atom is -0.368 e. The maximum atomic E-state index is 5.73. The highest BCUT2D eigenvalue weighted by Crippen LogP contribution is 2.14. The summed E-state index contributed by atoms with van der Waals surface area (Å²) in [5.41, 5.74) is 11.1. The third kappa shape index (κ3) is 1.20. The third-order valence-electron chi connectivity index (χ3n) is 2.00. The average molecular weight is 168 g/mol. The Morgan fingerprint density at radius 1 is 1.58 bits per heavy atom. The van der Waals surface area contributed by atoms with Crippen molar-refractivity contribution < 1.29 is 0 Å². The summed E-state index contributed by atoms with van der Waals surface area (Å²) < 4.78 is 0. The van der Waals surface area contributed by atoms with E-state index in [4.69, 9.17) is 11.5 Å². The van der Waals surface area contributed by atoms with E-state index in [9.17, 15) is 0 Å². The second-order valence-electron chi connectivity index (χ2n) is 3.02. The lowest BCUT2D eigenvalue weighted by atomic mass is 10.3. The molecule has 2 rings (SSSR count). The zero-order valence-electron chi connectivity index (χ0n) is 6.70. The molecule has 0 aromatic carbocycles. The van der Waals surface area contributed by atoms with Gasteiger partial charge in [-0.2, -0.15) is 4.98 Å². The molecular formula is C6H12N6. The van der Waals surface area contributed by atoms with Gasteiger partial charge in [-0.3, -0.25) is 0 Å². The molecule has 1 saturated heterocycles. The minimum atomic E-state index is 0.240. The van der Waals surface area contributed by atoms with Crippen LogP contribution in [0.1, 0.15) is 6.42 Å². The first kappa shape index (κ1) is 7.35. The Hall–Kier alpha value is -1.30. The van der Waals surface area contributed by atoms with Gasteiger partial charge in [0.2, 0.25) is 11.9 Å². The van der Waals surface area contributed by atoms with Gasteiger partial charge in [-0.15, -0.1) is 5.10 Å². The first-order valence-electron chi connectivity index (χ1n) is 3.94. The number of nitrogens with one attached hydrogen (secondary N) is 1. The van der Waals surface area contributed by atoms with E-state index in [0.29, 0.717) is 11.9 Å². The summed E-state index contributed by atoms with van der Waals surface area (Å²) in [5, 5.41) is 6.54. The van der Waals surface area contributed by atoms with Crippen LogP contribution in [0.2, 0.25) is 0 Å². The van der Waals surface area contributed by atoms with Crippen LogP contribution in [0.25, 0.3) is 0 Å². The van der Waals surface area contributed by atoms with Crippen LogP contribution in [0.5, 0.6) is 0 Å².